The second kappa shape index (κ2) is 6.24. The van der Waals surface area contributed by atoms with E-state index >= 15 is 0 Å². The number of fused-ring (bicyclic) bond motifs is 2. The number of carbonyl (C=O) groups is 3. The lowest BCUT2D eigenvalue weighted by molar-refractivity contribution is 0.0731. The van der Waals surface area contributed by atoms with Gasteiger partial charge in [0.1, 0.15) is 5.75 Å². The fourth-order valence-electron chi connectivity index (χ4n) is 2.98. The summed E-state index contributed by atoms with van der Waals surface area (Å²) in [5, 5.41) is 0.245. The van der Waals surface area contributed by atoms with Gasteiger partial charge in [-0.3, -0.25) is 9.59 Å². The molecule has 0 heterocycles. The first-order valence-corrected chi connectivity index (χ1v) is 8.24. The quantitative estimate of drug-likeness (QED) is 0.393. The Hall–Kier alpha value is -3.24. The van der Waals surface area contributed by atoms with Gasteiger partial charge in [0.25, 0.3) is 0 Å². The third kappa shape index (κ3) is 2.52. The molecular weight excluding hydrogens is 352 g/mol. The highest BCUT2D eigenvalue weighted by molar-refractivity contribution is 6.33. The number of ketones is 2. The van der Waals surface area contributed by atoms with Crippen molar-refractivity contribution in [2.45, 2.75) is 0 Å². The van der Waals surface area contributed by atoms with Crippen LogP contribution in [0.5, 0.6) is 5.75 Å². The third-order valence-corrected chi connectivity index (χ3v) is 4.54. The molecule has 0 unspecified atom stereocenters. The summed E-state index contributed by atoms with van der Waals surface area (Å²) in [6, 6.07) is 17.7. The number of rotatable bonds is 2. The van der Waals surface area contributed by atoms with Gasteiger partial charge in [0, 0.05) is 16.7 Å². The van der Waals surface area contributed by atoms with Crippen LogP contribution < -0.4 is 4.74 Å². The Labute approximate surface area is 154 Å². The number of benzene rings is 3. The van der Waals surface area contributed by atoms with Gasteiger partial charge in [0.05, 0.1) is 16.1 Å². The van der Waals surface area contributed by atoms with E-state index in [0.717, 1.165) is 0 Å². The molecule has 0 aliphatic heterocycles. The Kier molecular flexibility index (Phi) is 3.90. The third-order valence-electron chi connectivity index (χ3n) is 4.21. The van der Waals surface area contributed by atoms with Crippen LogP contribution in [-0.2, 0) is 0 Å². The first-order valence-electron chi connectivity index (χ1n) is 7.86. The van der Waals surface area contributed by atoms with Gasteiger partial charge < -0.3 is 4.74 Å². The van der Waals surface area contributed by atoms with Gasteiger partial charge in [-0.05, 0) is 18.2 Å². The van der Waals surface area contributed by atoms with Crippen molar-refractivity contribution >= 4 is 29.1 Å². The molecule has 0 saturated carbocycles. The van der Waals surface area contributed by atoms with Crippen LogP contribution in [0.15, 0.2) is 66.7 Å². The van der Waals surface area contributed by atoms with Crippen molar-refractivity contribution in [2.75, 3.05) is 0 Å². The Balaban J connectivity index is 1.79. The van der Waals surface area contributed by atoms with Crippen molar-refractivity contribution in [1.82, 2.24) is 0 Å². The molecule has 126 valence electrons. The largest absolute Gasteiger partial charge is 0.422 e. The van der Waals surface area contributed by atoms with Crippen LogP contribution in [0.3, 0.4) is 0 Å². The van der Waals surface area contributed by atoms with E-state index in [1.807, 2.05) is 0 Å². The number of carbonyl (C=O) groups excluding carboxylic acids is 3. The predicted molar refractivity (Wildman–Crippen MR) is 96.2 cm³/mol. The lowest BCUT2D eigenvalue weighted by atomic mass is 9.83. The Morgan fingerprint density at radius 3 is 2.08 bits per heavy atom. The second-order valence-corrected chi connectivity index (χ2v) is 6.16. The molecule has 0 saturated heterocycles. The minimum atomic E-state index is -0.692. The fourth-order valence-corrected chi connectivity index (χ4v) is 3.19. The van der Waals surface area contributed by atoms with Crippen LogP contribution in [-0.4, -0.2) is 17.5 Å². The zero-order valence-electron chi connectivity index (χ0n) is 13.4. The molecular formula is C21H11ClO4. The van der Waals surface area contributed by atoms with E-state index in [9.17, 15) is 14.4 Å². The van der Waals surface area contributed by atoms with Gasteiger partial charge in [-0.1, -0.05) is 60.1 Å². The molecule has 1 aliphatic carbocycles. The predicted octanol–water partition coefficient (Wildman–Crippen LogP) is 4.33. The molecule has 26 heavy (non-hydrogen) atoms. The molecule has 0 radical (unpaired) electrons. The van der Waals surface area contributed by atoms with Crippen molar-refractivity contribution in [3.8, 4) is 5.75 Å². The molecule has 4 rings (SSSR count). The molecule has 3 aromatic rings. The van der Waals surface area contributed by atoms with Crippen molar-refractivity contribution < 1.29 is 19.1 Å². The van der Waals surface area contributed by atoms with Crippen molar-refractivity contribution in [3.05, 3.63) is 99.6 Å². The van der Waals surface area contributed by atoms with Crippen molar-refractivity contribution in [3.63, 3.8) is 0 Å². The van der Waals surface area contributed by atoms with Gasteiger partial charge in [-0.15, -0.1) is 0 Å². The SMILES string of the molecule is O=C(Oc1cccc2c1C(=O)c1ccccc1C2=O)c1ccccc1Cl. The monoisotopic (exact) mass is 362 g/mol. The lowest BCUT2D eigenvalue weighted by Gasteiger charge is -2.19. The molecule has 0 aromatic heterocycles. The summed E-state index contributed by atoms with van der Waals surface area (Å²) in [4.78, 5) is 38.0. The highest BCUT2D eigenvalue weighted by Gasteiger charge is 2.32. The molecule has 0 spiro atoms. The fraction of sp³-hybridized carbons (Fsp3) is 0. The minimum Gasteiger partial charge on any atom is -0.422 e. The summed E-state index contributed by atoms with van der Waals surface area (Å²) in [5.41, 5.74) is 1.14. The maximum absolute atomic E-state index is 12.9. The normalized spacial score (nSPS) is 12.3. The maximum Gasteiger partial charge on any atom is 0.345 e. The molecule has 0 bridgehead atoms. The van der Waals surface area contributed by atoms with E-state index in [0.29, 0.717) is 11.1 Å². The number of ether oxygens (including phenoxy) is 1. The van der Waals surface area contributed by atoms with Crippen molar-refractivity contribution in [2.24, 2.45) is 0 Å². The average Bonchev–Trinajstić information content (AvgIpc) is 2.66. The van der Waals surface area contributed by atoms with E-state index in [2.05, 4.69) is 0 Å². The molecule has 0 fully saturated rings. The summed E-state index contributed by atoms with van der Waals surface area (Å²) in [7, 11) is 0. The Morgan fingerprint density at radius 1 is 0.731 bits per heavy atom. The highest BCUT2D eigenvalue weighted by atomic mass is 35.5. The van der Waals surface area contributed by atoms with Crippen LogP contribution in [0, 0.1) is 0 Å². The molecule has 1 aliphatic rings. The van der Waals surface area contributed by atoms with E-state index < -0.39 is 5.97 Å². The first-order chi connectivity index (χ1) is 12.6. The number of hydrogen-bond acceptors (Lipinski definition) is 4. The summed E-state index contributed by atoms with van der Waals surface area (Å²) in [5.74, 6) is -1.27. The summed E-state index contributed by atoms with van der Waals surface area (Å²) in [6.07, 6.45) is 0. The molecule has 3 aromatic carbocycles. The van der Waals surface area contributed by atoms with Crippen LogP contribution in [0.4, 0.5) is 0 Å². The zero-order chi connectivity index (χ0) is 18.3. The van der Waals surface area contributed by atoms with Gasteiger partial charge in [0.2, 0.25) is 0 Å². The van der Waals surface area contributed by atoms with E-state index in [4.69, 9.17) is 16.3 Å². The molecule has 5 heteroatoms. The Bertz CT molecular complexity index is 1080. The summed E-state index contributed by atoms with van der Waals surface area (Å²) < 4.78 is 5.42. The molecule has 0 atom stereocenters. The van der Waals surface area contributed by atoms with Gasteiger partial charge in [-0.25, -0.2) is 4.79 Å². The van der Waals surface area contributed by atoms with Crippen molar-refractivity contribution in [1.29, 1.82) is 0 Å². The van der Waals surface area contributed by atoms with Crippen LogP contribution in [0.2, 0.25) is 5.02 Å². The first kappa shape index (κ1) is 16.2. The highest BCUT2D eigenvalue weighted by Crippen LogP contribution is 2.33. The van der Waals surface area contributed by atoms with E-state index in [-0.39, 0.29) is 39.0 Å². The standard InChI is InChI=1S/C21H11ClO4/c22-16-10-4-3-8-14(16)21(25)26-17-11-5-9-15-18(17)20(24)13-7-2-1-6-12(13)19(15)23/h1-11H. The lowest BCUT2D eigenvalue weighted by Crippen LogP contribution is -2.22. The molecule has 0 N–H and O–H groups in total. The molecule has 0 amide bonds. The maximum atomic E-state index is 12.9. The topological polar surface area (TPSA) is 60.4 Å². The van der Waals surface area contributed by atoms with Crippen LogP contribution in [0.25, 0.3) is 0 Å². The van der Waals surface area contributed by atoms with Crippen LogP contribution >= 0.6 is 11.6 Å². The second-order valence-electron chi connectivity index (χ2n) is 5.75. The average molecular weight is 363 g/mol. The Morgan fingerprint density at radius 2 is 1.35 bits per heavy atom. The van der Waals surface area contributed by atoms with Gasteiger partial charge in [0.15, 0.2) is 11.6 Å². The minimum absolute atomic E-state index is 0.0419. The van der Waals surface area contributed by atoms with Gasteiger partial charge >= 0.3 is 5.97 Å². The summed E-state index contributed by atoms with van der Waals surface area (Å²) >= 11 is 6.03. The number of halogens is 1. The molecule has 4 nitrogen and oxygen atoms in total. The number of esters is 1. The zero-order valence-corrected chi connectivity index (χ0v) is 14.1. The number of hydrogen-bond donors (Lipinski definition) is 0. The van der Waals surface area contributed by atoms with Crippen LogP contribution in [0.1, 0.15) is 42.2 Å². The summed E-state index contributed by atoms with van der Waals surface area (Å²) in [6.45, 7) is 0. The van der Waals surface area contributed by atoms with E-state index in [1.54, 1.807) is 54.6 Å². The smallest absolute Gasteiger partial charge is 0.345 e. The van der Waals surface area contributed by atoms with E-state index in [1.165, 1.54) is 12.1 Å². The van der Waals surface area contributed by atoms with Gasteiger partial charge in [-0.2, -0.15) is 0 Å².